The number of rotatable bonds is 6. The Balaban J connectivity index is 1.74. The number of amides is 1. The predicted molar refractivity (Wildman–Crippen MR) is 115 cm³/mol. The molecule has 29 heavy (non-hydrogen) atoms. The molecule has 0 aliphatic carbocycles. The van der Waals surface area contributed by atoms with Gasteiger partial charge in [0.05, 0.1) is 12.2 Å². The van der Waals surface area contributed by atoms with E-state index in [4.69, 9.17) is 9.47 Å². The third kappa shape index (κ3) is 4.84. The van der Waals surface area contributed by atoms with E-state index in [0.29, 0.717) is 21.9 Å². The first-order valence-electron chi connectivity index (χ1n) is 9.32. The minimum Gasteiger partial charge on any atom is -0.462 e. The molecule has 5 nitrogen and oxygen atoms in total. The summed E-state index contributed by atoms with van der Waals surface area (Å²) in [6, 6.07) is 14.6. The van der Waals surface area contributed by atoms with E-state index in [9.17, 15) is 9.59 Å². The molecule has 0 atom stereocenters. The zero-order valence-electron chi connectivity index (χ0n) is 16.9. The highest BCUT2D eigenvalue weighted by atomic mass is 32.1. The standard InChI is InChI=1S/C23H23NO4S/c1-5-27-23(26)20-15(3)16(4)29-22(20)24-21(25)17-8-12-19(13-9-17)28-18-10-6-14(2)7-11-18/h6-13H,5H2,1-4H3,(H,24,25). The number of aryl methyl sites for hydroxylation is 2. The highest BCUT2D eigenvalue weighted by Crippen LogP contribution is 2.33. The largest absolute Gasteiger partial charge is 0.462 e. The molecular weight excluding hydrogens is 386 g/mol. The van der Waals surface area contributed by atoms with Crippen molar-refractivity contribution in [3.05, 3.63) is 75.7 Å². The Labute approximate surface area is 174 Å². The maximum Gasteiger partial charge on any atom is 0.341 e. The van der Waals surface area contributed by atoms with Crippen LogP contribution in [-0.2, 0) is 4.74 Å². The van der Waals surface area contributed by atoms with E-state index in [1.165, 1.54) is 11.3 Å². The second-order valence-electron chi connectivity index (χ2n) is 6.60. The first-order valence-corrected chi connectivity index (χ1v) is 10.1. The van der Waals surface area contributed by atoms with Crippen LogP contribution in [0.15, 0.2) is 48.5 Å². The first-order chi connectivity index (χ1) is 13.9. The lowest BCUT2D eigenvalue weighted by Crippen LogP contribution is -2.14. The molecule has 0 spiro atoms. The van der Waals surface area contributed by atoms with Gasteiger partial charge in [0.25, 0.3) is 5.91 Å². The molecule has 150 valence electrons. The number of thiophene rings is 1. The Bertz CT molecular complexity index is 1020. The van der Waals surface area contributed by atoms with Gasteiger partial charge in [-0.15, -0.1) is 11.3 Å². The molecule has 0 fully saturated rings. The molecule has 0 bridgehead atoms. The Kier molecular flexibility index (Phi) is 6.34. The fourth-order valence-corrected chi connectivity index (χ4v) is 3.80. The topological polar surface area (TPSA) is 64.6 Å². The van der Waals surface area contributed by atoms with Crippen molar-refractivity contribution < 1.29 is 19.1 Å². The highest BCUT2D eigenvalue weighted by Gasteiger charge is 2.22. The van der Waals surface area contributed by atoms with Crippen LogP contribution >= 0.6 is 11.3 Å². The van der Waals surface area contributed by atoms with Gasteiger partial charge in [-0.1, -0.05) is 17.7 Å². The molecule has 1 amide bonds. The van der Waals surface area contributed by atoms with Crippen molar-refractivity contribution in [2.24, 2.45) is 0 Å². The highest BCUT2D eigenvalue weighted by molar-refractivity contribution is 7.16. The van der Waals surface area contributed by atoms with Crippen LogP contribution in [0, 0.1) is 20.8 Å². The minimum absolute atomic E-state index is 0.281. The number of carbonyl (C=O) groups excluding carboxylic acids is 2. The molecule has 0 aliphatic rings. The Morgan fingerprint density at radius 3 is 2.10 bits per heavy atom. The number of nitrogens with one attached hydrogen (secondary N) is 1. The fraction of sp³-hybridized carbons (Fsp3) is 0.217. The quantitative estimate of drug-likeness (QED) is 0.515. The number of benzene rings is 2. The van der Waals surface area contributed by atoms with Gasteiger partial charge in [0, 0.05) is 10.4 Å². The average molecular weight is 410 g/mol. The summed E-state index contributed by atoms with van der Waals surface area (Å²) in [6.07, 6.45) is 0. The summed E-state index contributed by atoms with van der Waals surface area (Å²) in [4.78, 5) is 25.9. The van der Waals surface area contributed by atoms with Crippen LogP contribution in [-0.4, -0.2) is 18.5 Å². The van der Waals surface area contributed by atoms with E-state index in [1.54, 1.807) is 31.2 Å². The molecule has 6 heteroatoms. The Hall–Kier alpha value is -3.12. The van der Waals surface area contributed by atoms with E-state index < -0.39 is 5.97 Å². The SMILES string of the molecule is CCOC(=O)c1c(NC(=O)c2ccc(Oc3ccc(C)cc3)cc2)sc(C)c1C. The number of anilines is 1. The lowest BCUT2D eigenvalue weighted by atomic mass is 10.1. The van der Waals surface area contributed by atoms with Gasteiger partial charge < -0.3 is 14.8 Å². The van der Waals surface area contributed by atoms with E-state index in [2.05, 4.69) is 5.32 Å². The zero-order valence-corrected chi connectivity index (χ0v) is 17.7. The second kappa shape index (κ2) is 8.92. The summed E-state index contributed by atoms with van der Waals surface area (Å²) < 4.78 is 10.9. The minimum atomic E-state index is -0.425. The number of hydrogen-bond acceptors (Lipinski definition) is 5. The van der Waals surface area contributed by atoms with Gasteiger partial charge in [-0.2, -0.15) is 0 Å². The lowest BCUT2D eigenvalue weighted by molar-refractivity contribution is 0.0527. The van der Waals surface area contributed by atoms with Crippen molar-refractivity contribution in [1.82, 2.24) is 0 Å². The van der Waals surface area contributed by atoms with Crippen LogP contribution in [0.5, 0.6) is 11.5 Å². The van der Waals surface area contributed by atoms with Gasteiger partial charge >= 0.3 is 5.97 Å². The first kappa shape index (κ1) is 20.6. The van der Waals surface area contributed by atoms with Gasteiger partial charge in [-0.05, 0) is 69.7 Å². The molecule has 1 aromatic heterocycles. The smallest absolute Gasteiger partial charge is 0.341 e. The molecule has 0 radical (unpaired) electrons. The molecule has 1 N–H and O–H groups in total. The molecular formula is C23H23NO4S. The van der Waals surface area contributed by atoms with E-state index >= 15 is 0 Å². The molecule has 3 rings (SSSR count). The summed E-state index contributed by atoms with van der Waals surface area (Å²) in [5, 5.41) is 3.34. The van der Waals surface area contributed by atoms with E-state index in [0.717, 1.165) is 21.8 Å². The normalized spacial score (nSPS) is 10.5. The van der Waals surface area contributed by atoms with Crippen LogP contribution in [0.25, 0.3) is 0 Å². The summed E-state index contributed by atoms with van der Waals surface area (Å²) in [5.41, 5.74) is 2.87. The predicted octanol–water partition coefficient (Wildman–Crippen LogP) is 5.89. The van der Waals surface area contributed by atoms with E-state index in [-0.39, 0.29) is 12.5 Å². The zero-order chi connectivity index (χ0) is 21.0. The van der Waals surface area contributed by atoms with Crippen molar-refractivity contribution in [2.45, 2.75) is 27.7 Å². The van der Waals surface area contributed by atoms with Crippen LogP contribution in [0.2, 0.25) is 0 Å². The third-order valence-electron chi connectivity index (χ3n) is 4.47. The molecule has 0 saturated heterocycles. The van der Waals surface area contributed by atoms with Crippen molar-refractivity contribution in [1.29, 1.82) is 0 Å². The van der Waals surface area contributed by atoms with E-state index in [1.807, 2.05) is 45.0 Å². The fourth-order valence-electron chi connectivity index (χ4n) is 2.76. The molecule has 3 aromatic rings. The molecule has 0 saturated carbocycles. The van der Waals surface area contributed by atoms with Crippen molar-refractivity contribution >= 4 is 28.2 Å². The Morgan fingerprint density at radius 2 is 1.52 bits per heavy atom. The molecule has 0 aliphatic heterocycles. The van der Waals surface area contributed by atoms with Crippen molar-refractivity contribution in [3.63, 3.8) is 0 Å². The maximum atomic E-state index is 12.7. The molecule has 0 unspecified atom stereocenters. The maximum absolute atomic E-state index is 12.7. The number of carbonyl (C=O) groups is 2. The average Bonchev–Trinajstić information content (AvgIpc) is 2.97. The number of hydrogen-bond donors (Lipinski definition) is 1. The van der Waals surface area contributed by atoms with Crippen molar-refractivity contribution in [3.8, 4) is 11.5 Å². The molecule has 2 aromatic carbocycles. The van der Waals surface area contributed by atoms with Crippen molar-refractivity contribution in [2.75, 3.05) is 11.9 Å². The van der Waals surface area contributed by atoms with Gasteiger partial charge in [0.1, 0.15) is 16.5 Å². The molecule has 1 heterocycles. The summed E-state index contributed by atoms with van der Waals surface area (Å²) in [6.45, 7) is 7.82. The summed E-state index contributed by atoms with van der Waals surface area (Å²) in [5.74, 6) is 0.655. The van der Waals surface area contributed by atoms with Crippen LogP contribution in [0.3, 0.4) is 0 Å². The lowest BCUT2D eigenvalue weighted by Gasteiger charge is -2.09. The third-order valence-corrected chi connectivity index (χ3v) is 5.59. The van der Waals surface area contributed by atoms with Gasteiger partial charge in [-0.25, -0.2) is 4.79 Å². The van der Waals surface area contributed by atoms with Gasteiger partial charge in [0.15, 0.2) is 0 Å². The van der Waals surface area contributed by atoms with Crippen LogP contribution < -0.4 is 10.1 Å². The number of esters is 1. The van der Waals surface area contributed by atoms with Gasteiger partial charge in [0.2, 0.25) is 0 Å². The summed E-state index contributed by atoms with van der Waals surface area (Å²) >= 11 is 1.37. The van der Waals surface area contributed by atoms with Crippen LogP contribution in [0.1, 0.15) is 43.6 Å². The number of ether oxygens (including phenoxy) is 2. The summed E-state index contributed by atoms with van der Waals surface area (Å²) in [7, 11) is 0. The monoisotopic (exact) mass is 409 g/mol. The van der Waals surface area contributed by atoms with Crippen LogP contribution in [0.4, 0.5) is 5.00 Å². The van der Waals surface area contributed by atoms with Gasteiger partial charge in [-0.3, -0.25) is 4.79 Å². The second-order valence-corrected chi connectivity index (χ2v) is 7.83. The Morgan fingerprint density at radius 1 is 0.931 bits per heavy atom.